The number of nitrogens with one attached hydrogen (secondary N) is 2. The smallest absolute Gasteiger partial charge is 0.315 e. The first-order chi connectivity index (χ1) is 8.81. The summed E-state index contributed by atoms with van der Waals surface area (Å²) in [5.41, 5.74) is 0. The molecule has 2 amide bonds. The summed E-state index contributed by atoms with van der Waals surface area (Å²) in [4.78, 5) is 14.5. The molecule has 3 fully saturated rings. The van der Waals surface area contributed by atoms with Crippen LogP contribution in [0.15, 0.2) is 0 Å². The van der Waals surface area contributed by atoms with Crippen molar-refractivity contribution < 1.29 is 4.79 Å². The van der Waals surface area contributed by atoms with Crippen LogP contribution in [0.3, 0.4) is 0 Å². The number of hydrogen-bond donors (Lipinski definition) is 2. The van der Waals surface area contributed by atoms with Crippen LogP contribution in [0.1, 0.15) is 51.4 Å². The fourth-order valence-corrected chi connectivity index (χ4v) is 3.34. The van der Waals surface area contributed by atoms with Gasteiger partial charge in [0, 0.05) is 31.2 Å². The summed E-state index contributed by atoms with van der Waals surface area (Å²) in [5.74, 6) is 0. The van der Waals surface area contributed by atoms with Crippen LogP contribution in [0.4, 0.5) is 4.79 Å². The molecule has 1 unspecified atom stereocenters. The van der Waals surface area contributed by atoms with Gasteiger partial charge >= 0.3 is 6.03 Å². The third-order valence-electron chi connectivity index (χ3n) is 4.56. The van der Waals surface area contributed by atoms with E-state index in [1.165, 1.54) is 38.6 Å². The second-order valence-electron chi connectivity index (χ2n) is 6.16. The lowest BCUT2D eigenvalue weighted by Gasteiger charge is -2.24. The van der Waals surface area contributed by atoms with E-state index in [1.807, 2.05) is 0 Å². The number of urea groups is 1. The highest BCUT2D eigenvalue weighted by atomic mass is 16.2. The summed E-state index contributed by atoms with van der Waals surface area (Å²) < 4.78 is 0. The SMILES string of the molecule is O=C(NC1CCCCC1)NC1CCN(C2CC2)C1. The van der Waals surface area contributed by atoms with E-state index in [1.54, 1.807) is 0 Å². The number of amides is 2. The van der Waals surface area contributed by atoms with Crippen molar-refractivity contribution in [2.45, 2.75) is 69.5 Å². The van der Waals surface area contributed by atoms with Crippen LogP contribution in [0.2, 0.25) is 0 Å². The molecule has 0 radical (unpaired) electrons. The van der Waals surface area contributed by atoms with Crippen LogP contribution in [-0.4, -0.2) is 42.1 Å². The van der Waals surface area contributed by atoms with Gasteiger partial charge in [0.05, 0.1) is 0 Å². The molecule has 1 atom stereocenters. The van der Waals surface area contributed by atoms with Crippen LogP contribution in [-0.2, 0) is 0 Å². The van der Waals surface area contributed by atoms with Crippen molar-refractivity contribution >= 4 is 6.03 Å². The van der Waals surface area contributed by atoms with Crippen molar-refractivity contribution in [3.8, 4) is 0 Å². The molecule has 0 aromatic heterocycles. The van der Waals surface area contributed by atoms with Crippen molar-refractivity contribution in [1.29, 1.82) is 0 Å². The van der Waals surface area contributed by atoms with Crippen molar-refractivity contribution in [1.82, 2.24) is 15.5 Å². The fourth-order valence-electron chi connectivity index (χ4n) is 3.34. The van der Waals surface area contributed by atoms with Crippen molar-refractivity contribution in [3.05, 3.63) is 0 Å². The summed E-state index contributed by atoms with van der Waals surface area (Å²) in [5, 5.41) is 6.28. The fraction of sp³-hybridized carbons (Fsp3) is 0.929. The summed E-state index contributed by atoms with van der Waals surface area (Å²) in [6.07, 6.45) is 10.0. The molecule has 102 valence electrons. The molecule has 2 saturated carbocycles. The maximum atomic E-state index is 11.9. The topological polar surface area (TPSA) is 44.4 Å². The van der Waals surface area contributed by atoms with Gasteiger partial charge in [-0.1, -0.05) is 19.3 Å². The van der Waals surface area contributed by atoms with Gasteiger partial charge in [0.1, 0.15) is 0 Å². The standard InChI is InChI=1S/C14H25N3O/c18-14(15-11-4-2-1-3-5-11)16-12-8-9-17(10-12)13-6-7-13/h11-13H,1-10H2,(H2,15,16,18). The Balaban J connectivity index is 1.38. The normalized spacial score (nSPS) is 30.3. The molecule has 0 bridgehead atoms. The second-order valence-corrected chi connectivity index (χ2v) is 6.16. The largest absolute Gasteiger partial charge is 0.335 e. The molecule has 1 aliphatic heterocycles. The number of hydrogen-bond acceptors (Lipinski definition) is 2. The highest BCUT2D eigenvalue weighted by Crippen LogP contribution is 2.29. The first-order valence-electron chi connectivity index (χ1n) is 7.62. The summed E-state index contributed by atoms with van der Waals surface area (Å²) in [6, 6.07) is 1.68. The Morgan fingerprint density at radius 1 is 0.889 bits per heavy atom. The average Bonchev–Trinajstić information content (AvgIpc) is 3.12. The van der Waals surface area contributed by atoms with Crippen molar-refractivity contribution in [3.63, 3.8) is 0 Å². The Morgan fingerprint density at radius 3 is 2.33 bits per heavy atom. The molecule has 2 N–H and O–H groups in total. The first-order valence-corrected chi connectivity index (χ1v) is 7.62. The van der Waals surface area contributed by atoms with Gasteiger partial charge in [-0.25, -0.2) is 4.79 Å². The van der Waals surface area contributed by atoms with E-state index in [0.717, 1.165) is 31.8 Å². The van der Waals surface area contributed by atoms with Crippen LogP contribution in [0.25, 0.3) is 0 Å². The average molecular weight is 251 g/mol. The lowest BCUT2D eigenvalue weighted by atomic mass is 9.96. The molecular formula is C14H25N3O. The van der Waals surface area contributed by atoms with E-state index in [0.29, 0.717) is 12.1 Å². The Hall–Kier alpha value is -0.770. The summed E-state index contributed by atoms with van der Waals surface area (Å²) in [7, 11) is 0. The molecule has 0 aromatic carbocycles. The maximum absolute atomic E-state index is 11.9. The van der Waals surface area contributed by atoms with E-state index < -0.39 is 0 Å². The van der Waals surface area contributed by atoms with Crippen LogP contribution >= 0.6 is 0 Å². The third-order valence-corrected chi connectivity index (χ3v) is 4.56. The zero-order valence-corrected chi connectivity index (χ0v) is 11.2. The van der Waals surface area contributed by atoms with Gasteiger partial charge in [-0.15, -0.1) is 0 Å². The first kappa shape index (κ1) is 12.3. The van der Waals surface area contributed by atoms with Gasteiger partial charge in [-0.2, -0.15) is 0 Å². The van der Waals surface area contributed by atoms with E-state index in [-0.39, 0.29) is 6.03 Å². The Kier molecular flexibility index (Phi) is 3.73. The number of nitrogens with zero attached hydrogens (tertiary/aromatic N) is 1. The van der Waals surface area contributed by atoms with Crippen molar-refractivity contribution in [2.75, 3.05) is 13.1 Å². The lowest BCUT2D eigenvalue weighted by Crippen LogP contribution is -2.47. The molecule has 3 aliphatic rings. The number of carbonyl (C=O) groups excluding carboxylic acids is 1. The Bertz CT molecular complexity index is 297. The summed E-state index contributed by atoms with van der Waals surface area (Å²) >= 11 is 0. The second kappa shape index (κ2) is 5.47. The molecule has 0 aromatic rings. The molecule has 4 nitrogen and oxygen atoms in total. The molecule has 1 heterocycles. The Morgan fingerprint density at radius 2 is 1.61 bits per heavy atom. The molecule has 2 aliphatic carbocycles. The van der Waals surface area contributed by atoms with E-state index in [9.17, 15) is 4.79 Å². The Labute approximate surface area is 109 Å². The predicted molar refractivity (Wildman–Crippen MR) is 71.5 cm³/mol. The van der Waals surface area contributed by atoms with Gasteiger partial charge in [-0.3, -0.25) is 4.90 Å². The lowest BCUT2D eigenvalue weighted by molar-refractivity contribution is 0.228. The molecule has 0 spiro atoms. The van der Waals surface area contributed by atoms with E-state index >= 15 is 0 Å². The zero-order valence-electron chi connectivity index (χ0n) is 11.2. The van der Waals surface area contributed by atoms with Crippen molar-refractivity contribution in [2.24, 2.45) is 0 Å². The number of carbonyl (C=O) groups is 1. The zero-order chi connectivity index (χ0) is 12.4. The van der Waals surface area contributed by atoms with Gasteiger partial charge in [0.15, 0.2) is 0 Å². The van der Waals surface area contributed by atoms with Crippen LogP contribution < -0.4 is 10.6 Å². The molecule has 1 saturated heterocycles. The van der Waals surface area contributed by atoms with Gasteiger partial charge < -0.3 is 10.6 Å². The minimum atomic E-state index is 0.0598. The molecular weight excluding hydrogens is 226 g/mol. The highest BCUT2D eigenvalue weighted by Gasteiger charge is 2.34. The van der Waals surface area contributed by atoms with Crippen LogP contribution in [0, 0.1) is 0 Å². The minimum Gasteiger partial charge on any atom is -0.335 e. The maximum Gasteiger partial charge on any atom is 0.315 e. The highest BCUT2D eigenvalue weighted by molar-refractivity contribution is 5.74. The van der Waals surface area contributed by atoms with Gasteiger partial charge in [0.25, 0.3) is 0 Å². The van der Waals surface area contributed by atoms with E-state index in [4.69, 9.17) is 0 Å². The molecule has 3 rings (SSSR count). The molecule has 18 heavy (non-hydrogen) atoms. The van der Waals surface area contributed by atoms with Crippen LogP contribution in [0.5, 0.6) is 0 Å². The third kappa shape index (κ3) is 3.16. The van der Waals surface area contributed by atoms with E-state index in [2.05, 4.69) is 15.5 Å². The quantitative estimate of drug-likeness (QED) is 0.804. The minimum absolute atomic E-state index is 0.0598. The van der Waals surface area contributed by atoms with Gasteiger partial charge in [0.2, 0.25) is 0 Å². The monoisotopic (exact) mass is 251 g/mol. The summed E-state index contributed by atoms with van der Waals surface area (Å²) in [6.45, 7) is 2.22. The molecule has 4 heteroatoms. The number of likely N-dealkylation sites (tertiary alicyclic amines) is 1. The number of rotatable bonds is 3. The predicted octanol–water partition coefficient (Wildman–Crippen LogP) is 1.85. The van der Waals surface area contributed by atoms with Gasteiger partial charge in [-0.05, 0) is 32.1 Å².